The quantitative estimate of drug-likeness (QED) is 0.642. The Morgan fingerprint density at radius 3 is 2.78 bits per heavy atom. The number of hydrogen-bond acceptors (Lipinski definition) is 3. The number of imidazole rings is 1. The Balaban J connectivity index is 1.59. The molecule has 0 bridgehead atoms. The third-order valence-corrected chi connectivity index (χ3v) is 5.82. The van der Waals surface area contributed by atoms with Crippen LogP contribution in [0.1, 0.15) is 29.5 Å². The van der Waals surface area contributed by atoms with E-state index >= 15 is 0 Å². The van der Waals surface area contributed by atoms with Gasteiger partial charge in [0, 0.05) is 44.1 Å². The number of carbonyl (C=O) groups excluding carboxylic acids is 2. The Labute approximate surface area is 187 Å². The van der Waals surface area contributed by atoms with Crippen LogP contribution in [-0.4, -0.2) is 57.8 Å². The van der Waals surface area contributed by atoms with E-state index in [4.69, 9.17) is 0 Å². The fraction of sp³-hybridized carbons (Fsp3) is 0.320. The first-order valence-electron chi connectivity index (χ1n) is 11.0. The lowest BCUT2D eigenvalue weighted by atomic mass is 9.94. The average molecular weight is 435 g/mol. The van der Waals surface area contributed by atoms with E-state index in [2.05, 4.69) is 9.97 Å². The second kappa shape index (κ2) is 9.77. The third-order valence-electron chi connectivity index (χ3n) is 5.82. The number of aromatic nitrogens is 2. The zero-order chi connectivity index (χ0) is 22.5. The molecule has 3 aromatic rings. The molecule has 0 aliphatic carbocycles. The van der Waals surface area contributed by atoms with Crippen molar-refractivity contribution >= 4 is 11.8 Å². The molecule has 0 radical (unpaired) electrons. The number of H-pyrrole nitrogens is 1. The highest BCUT2D eigenvalue weighted by Crippen LogP contribution is 2.25. The summed E-state index contributed by atoms with van der Waals surface area (Å²) in [5.41, 5.74) is 2.24. The summed E-state index contributed by atoms with van der Waals surface area (Å²) in [4.78, 5) is 36.7. The summed E-state index contributed by atoms with van der Waals surface area (Å²) < 4.78 is 14.3. The van der Waals surface area contributed by atoms with Gasteiger partial charge in [-0.1, -0.05) is 49.4 Å². The van der Waals surface area contributed by atoms with Gasteiger partial charge in [-0.3, -0.25) is 9.59 Å². The standard InChI is InChI=1S/C25H27FN4O2/c1-2-12-29-13-14-30(25(32)23-27-10-11-28-23)17-20(24(29)31)16-18-6-5-7-19(15-18)21-8-3-4-9-22(21)26/h3-11,15,20H,2,12-14,16-17H2,1H3,(H,27,28)/t20-/m1/s1. The number of rotatable bonds is 6. The van der Waals surface area contributed by atoms with Crippen LogP contribution in [0.4, 0.5) is 4.39 Å². The molecule has 7 heteroatoms. The molecule has 2 aromatic carbocycles. The highest BCUT2D eigenvalue weighted by molar-refractivity contribution is 5.91. The molecular weight excluding hydrogens is 407 g/mol. The summed E-state index contributed by atoms with van der Waals surface area (Å²) in [5.74, 6) is -0.524. The molecule has 4 rings (SSSR count). The van der Waals surface area contributed by atoms with E-state index in [0.29, 0.717) is 38.2 Å². The molecule has 1 aliphatic rings. The van der Waals surface area contributed by atoms with E-state index in [1.54, 1.807) is 35.5 Å². The van der Waals surface area contributed by atoms with Crippen LogP contribution in [0.15, 0.2) is 60.9 Å². The summed E-state index contributed by atoms with van der Waals surface area (Å²) in [6, 6.07) is 14.3. The van der Waals surface area contributed by atoms with Gasteiger partial charge in [-0.15, -0.1) is 0 Å². The number of nitrogens with zero attached hydrogens (tertiary/aromatic N) is 3. The fourth-order valence-electron chi connectivity index (χ4n) is 4.25. The minimum Gasteiger partial charge on any atom is -0.341 e. The highest BCUT2D eigenvalue weighted by Gasteiger charge is 2.33. The number of carbonyl (C=O) groups is 2. The molecule has 6 nitrogen and oxygen atoms in total. The molecule has 1 fully saturated rings. The molecule has 1 aliphatic heterocycles. The van der Waals surface area contributed by atoms with Gasteiger partial charge in [0.1, 0.15) is 5.82 Å². The molecule has 1 atom stereocenters. The van der Waals surface area contributed by atoms with Crippen LogP contribution in [0.3, 0.4) is 0 Å². The molecule has 1 saturated heterocycles. The van der Waals surface area contributed by atoms with Crippen LogP contribution in [0.2, 0.25) is 0 Å². The maximum Gasteiger partial charge on any atom is 0.289 e. The molecule has 32 heavy (non-hydrogen) atoms. The number of halogens is 1. The smallest absolute Gasteiger partial charge is 0.289 e. The predicted octanol–water partition coefficient (Wildman–Crippen LogP) is 3.77. The first-order valence-corrected chi connectivity index (χ1v) is 11.0. The molecule has 0 saturated carbocycles. The van der Waals surface area contributed by atoms with Gasteiger partial charge in [0.25, 0.3) is 5.91 Å². The van der Waals surface area contributed by atoms with Crippen LogP contribution in [0.5, 0.6) is 0 Å². The van der Waals surface area contributed by atoms with E-state index < -0.39 is 0 Å². The normalized spacial score (nSPS) is 16.8. The van der Waals surface area contributed by atoms with E-state index in [-0.39, 0.29) is 29.4 Å². The summed E-state index contributed by atoms with van der Waals surface area (Å²) >= 11 is 0. The molecule has 1 N–H and O–H groups in total. The first kappa shape index (κ1) is 21.7. The number of aromatic amines is 1. The Bertz CT molecular complexity index is 1080. The largest absolute Gasteiger partial charge is 0.341 e. The lowest BCUT2D eigenvalue weighted by molar-refractivity contribution is -0.134. The Hall–Kier alpha value is -3.48. The fourth-order valence-corrected chi connectivity index (χ4v) is 4.25. The average Bonchev–Trinajstić information content (AvgIpc) is 3.30. The van der Waals surface area contributed by atoms with Crippen LogP contribution >= 0.6 is 0 Å². The van der Waals surface area contributed by atoms with Crippen LogP contribution in [0, 0.1) is 11.7 Å². The SMILES string of the molecule is CCCN1CCN(C(=O)c2ncc[nH]2)C[C@@H](Cc2cccc(-c3ccccc3F)c2)C1=O. The van der Waals surface area contributed by atoms with Crippen molar-refractivity contribution in [2.45, 2.75) is 19.8 Å². The van der Waals surface area contributed by atoms with Gasteiger partial charge < -0.3 is 14.8 Å². The van der Waals surface area contributed by atoms with Crippen molar-refractivity contribution in [3.05, 3.63) is 78.1 Å². The molecular formula is C25H27FN4O2. The number of benzene rings is 2. The van der Waals surface area contributed by atoms with Gasteiger partial charge in [-0.25, -0.2) is 9.37 Å². The lowest BCUT2D eigenvalue weighted by Gasteiger charge is -2.23. The van der Waals surface area contributed by atoms with Crippen LogP contribution in [-0.2, 0) is 11.2 Å². The second-order valence-corrected chi connectivity index (χ2v) is 8.10. The van der Waals surface area contributed by atoms with Crippen molar-refractivity contribution in [2.75, 3.05) is 26.2 Å². The molecule has 166 valence electrons. The Kier molecular flexibility index (Phi) is 6.63. The van der Waals surface area contributed by atoms with Crippen molar-refractivity contribution < 1.29 is 14.0 Å². The molecule has 2 amide bonds. The summed E-state index contributed by atoms with van der Waals surface area (Å²) in [6.07, 6.45) is 4.49. The van der Waals surface area contributed by atoms with Crippen molar-refractivity contribution in [1.29, 1.82) is 0 Å². The first-order chi connectivity index (χ1) is 15.6. The minimum absolute atomic E-state index is 0.0536. The second-order valence-electron chi connectivity index (χ2n) is 8.10. The number of amides is 2. The Morgan fingerprint density at radius 2 is 2.03 bits per heavy atom. The van der Waals surface area contributed by atoms with Crippen molar-refractivity contribution in [3.8, 4) is 11.1 Å². The van der Waals surface area contributed by atoms with Gasteiger partial charge in [0.2, 0.25) is 5.91 Å². The van der Waals surface area contributed by atoms with Gasteiger partial charge in [-0.05, 0) is 30.0 Å². The predicted molar refractivity (Wildman–Crippen MR) is 120 cm³/mol. The number of nitrogens with one attached hydrogen (secondary N) is 1. The van der Waals surface area contributed by atoms with Crippen molar-refractivity contribution in [2.24, 2.45) is 5.92 Å². The van der Waals surface area contributed by atoms with Gasteiger partial charge in [-0.2, -0.15) is 0 Å². The summed E-state index contributed by atoms with van der Waals surface area (Å²) in [7, 11) is 0. The third kappa shape index (κ3) is 4.72. The van der Waals surface area contributed by atoms with Crippen molar-refractivity contribution in [1.82, 2.24) is 19.8 Å². The highest BCUT2D eigenvalue weighted by atomic mass is 19.1. The van der Waals surface area contributed by atoms with Gasteiger partial charge >= 0.3 is 0 Å². The monoisotopic (exact) mass is 434 g/mol. The van der Waals surface area contributed by atoms with Crippen LogP contribution < -0.4 is 0 Å². The van der Waals surface area contributed by atoms with E-state index in [0.717, 1.165) is 17.5 Å². The summed E-state index contributed by atoms with van der Waals surface area (Å²) in [5, 5.41) is 0. The lowest BCUT2D eigenvalue weighted by Crippen LogP contribution is -2.38. The summed E-state index contributed by atoms with van der Waals surface area (Å²) in [6.45, 7) is 3.99. The van der Waals surface area contributed by atoms with Crippen molar-refractivity contribution in [3.63, 3.8) is 0 Å². The zero-order valence-corrected chi connectivity index (χ0v) is 18.1. The molecule has 0 unspecified atom stereocenters. The molecule has 1 aromatic heterocycles. The van der Waals surface area contributed by atoms with E-state index in [1.807, 2.05) is 36.1 Å². The Morgan fingerprint density at radius 1 is 1.19 bits per heavy atom. The maximum atomic E-state index is 14.3. The van der Waals surface area contributed by atoms with Crippen LogP contribution in [0.25, 0.3) is 11.1 Å². The van der Waals surface area contributed by atoms with E-state index in [1.165, 1.54) is 6.07 Å². The zero-order valence-electron chi connectivity index (χ0n) is 18.1. The molecule has 0 spiro atoms. The van der Waals surface area contributed by atoms with Gasteiger partial charge in [0.15, 0.2) is 5.82 Å². The minimum atomic E-state index is -0.376. The number of hydrogen-bond donors (Lipinski definition) is 1. The maximum absolute atomic E-state index is 14.3. The van der Waals surface area contributed by atoms with Gasteiger partial charge in [0.05, 0.1) is 5.92 Å². The van der Waals surface area contributed by atoms with E-state index in [9.17, 15) is 14.0 Å². The molecule has 2 heterocycles. The topological polar surface area (TPSA) is 69.3 Å².